The molecule has 0 saturated heterocycles. The Labute approximate surface area is 196 Å². The van der Waals surface area contributed by atoms with Crippen LogP contribution in [0.4, 0.5) is 16.9 Å². The molecule has 0 spiro atoms. The molecule has 0 amide bonds. The first-order valence-corrected chi connectivity index (χ1v) is 11.9. The largest absolute Gasteiger partial charge is 0.491 e. The van der Waals surface area contributed by atoms with E-state index < -0.39 is 0 Å². The number of anilines is 3. The first-order valence-electron chi connectivity index (χ1n) is 11.1. The maximum atomic E-state index is 6.10. The number of fused-ring (bicyclic) bond motifs is 2. The van der Waals surface area contributed by atoms with Crippen LogP contribution < -0.4 is 21.1 Å². The molecule has 1 aliphatic heterocycles. The van der Waals surface area contributed by atoms with Crippen molar-refractivity contribution in [2.24, 2.45) is 0 Å². The highest BCUT2D eigenvalue weighted by Crippen LogP contribution is 2.35. The van der Waals surface area contributed by atoms with E-state index in [0.717, 1.165) is 74.8 Å². The molecule has 4 aromatic rings. The summed E-state index contributed by atoms with van der Waals surface area (Å²) in [6, 6.07) is 6.30. The van der Waals surface area contributed by atoms with Gasteiger partial charge in [-0.3, -0.25) is 0 Å². The van der Waals surface area contributed by atoms with Crippen molar-refractivity contribution < 1.29 is 4.74 Å². The van der Waals surface area contributed by atoms with E-state index in [1.165, 1.54) is 11.3 Å². The van der Waals surface area contributed by atoms with Crippen LogP contribution in [0.1, 0.15) is 35.7 Å². The van der Waals surface area contributed by atoms with E-state index in [0.29, 0.717) is 24.2 Å². The third-order valence-electron chi connectivity index (χ3n) is 6.06. The summed E-state index contributed by atoms with van der Waals surface area (Å²) in [5.74, 6) is 2.10. The number of aromatic nitrogens is 4. The van der Waals surface area contributed by atoms with Gasteiger partial charge in [-0.05, 0) is 43.5 Å². The molecular weight excluding hydrogens is 434 g/mol. The second-order valence-electron chi connectivity index (χ2n) is 8.31. The Balaban J connectivity index is 1.55. The predicted octanol–water partition coefficient (Wildman–Crippen LogP) is 4.28. The van der Waals surface area contributed by atoms with E-state index in [9.17, 15) is 0 Å². The third-order valence-corrected chi connectivity index (χ3v) is 6.85. The highest BCUT2D eigenvalue weighted by Gasteiger charge is 2.22. The molecule has 33 heavy (non-hydrogen) atoms. The number of pyridine rings is 1. The number of nitrogens with two attached hydrogens (primary N) is 2. The van der Waals surface area contributed by atoms with Crippen molar-refractivity contribution >= 4 is 38.6 Å². The molecule has 0 fully saturated rings. The maximum absolute atomic E-state index is 6.10. The minimum Gasteiger partial charge on any atom is -0.491 e. The van der Waals surface area contributed by atoms with E-state index in [2.05, 4.69) is 50.8 Å². The quantitative estimate of drug-likeness (QED) is 0.463. The van der Waals surface area contributed by atoms with Gasteiger partial charge in [-0.15, -0.1) is 0 Å². The summed E-state index contributed by atoms with van der Waals surface area (Å²) >= 11 is 1.41. The van der Waals surface area contributed by atoms with E-state index in [1.54, 1.807) is 0 Å². The molecular formula is C24H27N7OS. The second kappa shape index (κ2) is 8.47. The van der Waals surface area contributed by atoms with Crippen LogP contribution in [-0.4, -0.2) is 33.1 Å². The van der Waals surface area contributed by atoms with Gasteiger partial charge in [0.1, 0.15) is 28.5 Å². The second-order valence-corrected chi connectivity index (χ2v) is 9.32. The van der Waals surface area contributed by atoms with E-state index in [1.807, 2.05) is 19.2 Å². The number of hydrogen-bond donors (Lipinski definition) is 2. The number of rotatable bonds is 4. The van der Waals surface area contributed by atoms with Gasteiger partial charge < -0.3 is 21.1 Å². The Morgan fingerprint density at radius 1 is 1.15 bits per heavy atom. The van der Waals surface area contributed by atoms with Crippen LogP contribution in [0.25, 0.3) is 21.5 Å². The fraction of sp³-hybridized carbons (Fsp3) is 0.333. The zero-order valence-electron chi connectivity index (χ0n) is 19.1. The zero-order chi connectivity index (χ0) is 23.1. The van der Waals surface area contributed by atoms with Crippen LogP contribution >= 0.6 is 11.3 Å². The number of nitrogens with zero attached hydrogens (tertiary/aromatic N) is 5. The van der Waals surface area contributed by atoms with Crippen LogP contribution in [0.15, 0.2) is 24.4 Å². The van der Waals surface area contributed by atoms with Crippen LogP contribution in [0.2, 0.25) is 0 Å². The van der Waals surface area contributed by atoms with Crippen molar-refractivity contribution in [1.29, 1.82) is 0 Å². The Morgan fingerprint density at radius 2 is 2.00 bits per heavy atom. The number of hydrogen-bond acceptors (Lipinski definition) is 9. The molecule has 5 rings (SSSR count). The highest BCUT2D eigenvalue weighted by molar-refractivity contribution is 7.21. The van der Waals surface area contributed by atoms with Crippen molar-refractivity contribution in [1.82, 2.24) is 19.9 Å². The smallest absolute Gasteiger partial charge is 0.222 e. The monoisotopic (exact) mass is 461 g/mol. The summed E-state index contributed by atoms with van der Waals surface area (Å²) in [7, 11) is 0. The van der Waals surface area contributed by atoms with Crippen molar-refractivity contribution in [2.45, 2.75) is 40.2 Å². The molecule has 4 heterocycles. The first kappa shape index (κ1) is 21.4. The van der Waals surface area contributed by atoms with Crippen LogP contribution in [0.5, 0.6) is 5.75 Å². The minimum absolute atomic E-state index is 0.305. The number of nitrogen functional groups attached to an aromatic ring is 2. The minimum atomic E-state index is 0.305. The van der Waals surface area contributed by atoms with Gasteiger partial charge in [-0.25, -0.2) is 15.0 Å². The summed E-state index contributed by atoms with van der Waals surface area (Å²) < 4.78 is 6.10. The topological polar surface area (TPSA) is 116 Å². The summed E-state index contributed by atoms with van der Waals surface area (Å²) in [5.41, 5.74) is 19.2. The van der Waals surface area contributed by atoms with Gasteiger partial charge in [0.15, 0.2) is 5.13 Å². The normalized spacial score (nSPS) is 13.6. The van der Waals surface area contributed by atoms with E-state index >= 15 is 0 Å². The van der Waals surface area contributed by atoms with Crippen LogP contribution in [0.3, 0.4) is 0 Å². The number of aryl methyl sites for hydroxylation is 2. The van der Waals surface area contributed by atoms with Crippen molar-refractivity contribution in [2.75, 3.05) is 29.5 Å². The van der Waals surface area contributed by atoms with Crippen molar-refractivity contribution in [3.63, 3.8) is 0 Å². The molecule has 170 valence electrons. The van der Waals surface area contributed by atoms with Crippen molar-refractivity contribution in [3.8, 4) is 16.9 Å². The average Bonchev–Trinajstić information content (AvgIpc) is 3.04. The van der Waals surface area contributed by atoms with Gasteiger partial charge >= 0.3 is 0 Å². The van der Waals surface area contributed by atoms with Gasteiger partial charge in [0.05, 0.1) is 6.54 Å². The summed E-state index contributed by atoms with van der Waals surface area (Å²) in [6.07, 6.45) is 3.83. The lowest BCUT2D eigenvalue weighted by Crippen LogP contribution is -2.28. The maximum Gasteiger partial charge on any atom is 0.222 e. The molecule has 0 saturated carbocycles. The lowest BCUT2D eigenvalue weighted by Gasteiger charge is -2.25. The van der Waals surface area contributed by atoms with E-state index in [4.69, 9.17) is 16.2 Å². The molecule has 0 aliphatic carbocycles. The Hall–Kier alpha value is -3.46. The first-order chi connectivity index (χ1) is 15.9. The zero-order valence-corrected chi connectivity index (χ0v) is 19.9. The molecule has 1 aromatic carbocycles. The summed E-state index contributed by atoms with van der Waals surface area (Å²) in [4.78, 5) is 21.2. The summed E-state index contributed by atoms with van der Waals surface area (Å²) in [5, 5.41) is 0.533. The van der Waals surface area contributed by atoms with Crippen molar-refractivity contribution in [3.05, 3.63) is 46.8 Å². The van der Waals surface area contributed by atoms with E-state index in [-0.39, 0.29) is 0 Å². The van der Waals surface area contributed by atoms with Gasteiger partial charge in [-0.1, -0.05) is 30.7 Å². The van der Waals surface area contributed by atoms with Crippen LogP contribution in [-0.2, 0) is 13.0 Å². The molecule has 3 aromatic heterocycles. The Morgan fingerprint density at radius 3 is 2.82 bits per heavy atom. The molecule has 8 nitrogen and oxygen atoms in total. The van der Waals surface area contributed by atoms with Gasteiger partial charge in [0, 0.05) is 35.1 Å². The molecule has 0 bridgehead atoms. The van der Waals surface area contributed by atoms with Gasteiger partial charge in [0.2, 0.25) is 5.95 Å². The fourth-order valence-corrected chi connectivity index (χ4v) is 5.18. The molecule has 0 atom stereocenters. The predicted molar refractivity (Wildman–Crippen MR) is 134 cm³/mol. The Kier molecular flexibility index (Phi) is 5.49. The lowest BCUT2D eigenvalue weighted by atomic mass is 9.99. The number of thiazole rings is 1. The number of benzene rings is 1. The Bertz CT molecular complexity index is 1350. The summed E-state index contributed by atoms with van der Waals surface area (Å²) in [6.45, 7) is 8.21. The standard InChI is InChI=1S/C24H27N7OS/c1-4-5-17-14(3)28-23(25)30-21(17)31-8-9-32-19-7-6-15(10-16(19)12-31)18-11-27-22-20(13(18)2)29-24(26)33-22/h6-7,10-11H,4-5,8-9,12H2,1-3H3,(H2,26,29)(H2,25,28,30). The highest BCUT2D eigenvalue weighted by atomic mass is 32.1. The van der Waals surface area contributed by atoms with Crippen LogP contribution in [0, 0.1) is 13.8 Å². The fourth-order valence-electron chi connectivity index (χ4n) is 4.45. The molecule has 0 radical (unpaired) electrons. The molecule has 9 heteroatoms. The average molecular weight is 462 g/mol. The molecule has 4 N–H and O–H groups in total. The molecule has 1 aliphatic rings. The van der Waals surface area contributed by atoms with Gasteiger partial charge in [-0.2, -0.15) is 4.98 Å². The van der Waals surface area contributed by atoms with Gasteiger partial charge in [0.25, 0.3) is 0 Å². The third kappa shape index (κ3) is 3.93. The number of ether oxygens (including phenoxy) is 1. The lowest BCUT2D eigenvalue weighted by molar-refractivity contribution is 0.331. The molecule has 0 unspecified atom stereocenters. The SMILES string of the molecule is CCCc1c(C)nc(N)nc1N1CCOc2ccc(-c3cnc4sc(N)nc4c3C)cc2C1.